The zero-order valence-electron chi connectivity index (χ0n) is 8.00. The van der Waals surface area contributed by atoms with Crippen molar-refractivity contribution in [3.63, 3.8) is 0 Å². The van der Waals surface area contributed by atoms with Crippen LogP contribution in [0.3, 0.4) is 0 Å². The van der Waals surface area contributed by atoms with Crippen molar-refractivity contribution in [3.05, 3.63) is 48.3 Å². The van der Waals surface area contributed by atoms with Gasteiger partial charge in [0.25, 0.3) is 0 Å². The standard InChI is InChI=1S/C12H9FN.Pb/c13-11-7-6-10(8-12(11)14)9-4-2-1-3-5-9;/h2-8H,14H2;. The number of hydrogen-bond donors (Lipinski definition) is 1. The van der Waals surface area contributed by atoms with Crippen LogP contribution in [-0.4, -0.2) is 25.8 Å². The van der Waals surface area contributed by atoms with Gasteiger partial charge in [0.1, 0.15) is 0 Å². The van der Waals surface area contributed by atoms with Crippen LogP contribution in [-0.2, 0) is 0 Å². The summed E-state index contributed by atoms with van der Waals surface area (Å²) >= 11 is 1.05. The van der Waals surface area contributed by atoms with Gasteiger partial charge < -0.3 is 0 Å². The topological polar surface area (TPSA) is 26.0 Å². The van der Waals surface area contributed by atoms with Gasteiger partial charge in [0.2, 0.25) is 0 Å². The Morgan fingerprint density at radius 1 is 0.933 bits per heavy atom. The summed E-state index contributed by atoms with van der Waals surface area (Å²) in [5, 5.41) is 0. The summed E-state index contributed by atoms with van der Waals surface area (Å²) in [6, 6.07) is 13.1. The van der Waals surface area contributed by atoms with Crippen LogP contribution in [0.1, 0.15) is 0 Å². The van der Waals surface area contributed by atoms with Crippen molar-refractivity contribution in [1.29, 1.82) is 0 Å². The van der Waals surface area contributed by atoms with Crippen molar-refractivity contribution in [2.24, 2.45) is 0 Å². The second-order valence-corrected chi connectivity index (χ2v) is 5.56. The van der Waals surface area contributed by atoms with E-state index in [0.717, 1.165) is 36.9 Å². The molecule has 2 aromatic carbocycles. The minimum atomic E-state index is -0.363. The molecule has 0 amide bonds. The molecule has 0 aliphatic rings. The predicted octanol–water partition coefficient (Wildman–Crippen LogP) is 1.87. The Balaban J connectivity index is 2.45. The van der Waals surface area contributed by atoms with E-state index in [-0.39, 0.29) is 11.5 Å². The second-order valence-electron chi connectivity index (χ2n) is 3.31. The normalized spacial score (nSPS) is 10.3. The van der Waals surface area contributed by atoms with Gasteiger partial charge in [-0.05, 0) is 0 Å². The SMILES string of the molecule is Nc1cc(-c2cc[c]([Pb])cc2)ccc1F. The van der Waals surface area contributed by atoms with E-state index in [2.05, 4.69) is 12.1 Å². The van der Waals surface area contributed by atoms with Gasteiger partial charge in [-0.1, -0.05) is 0 Å². The first-order chi connectivity index (χ1) is 7.16. The fourth-order valence-corrected chi connectivity index (χ4v) is 2.03. The van der Waals surface area contributed by atoms with Crippen LogP contribution >= 0.6 is 0 Å². The Morgan fingerprint density at radius 2 is 1.53 bits per heavy atom. The maximum absolute atomic E-state index is 13.0. The number of halogens is 1. The van der Waals surface area contributed by atoms with Crippen molar-refractivity contribution < 1.29 is 4.39 Å². The van der Waals surface area contributed by atoms with E-state index in [1.54, 1.807) is 12.1 Å². The van der Waals surface area contributed by atoms with Gasteiger partial charge in [0.15, 0.2) is 0 Å². The third-order valence-corrected chi connectivity index (χ3v) is 3.51. The number of benzene rings is 2. The molecule has 0 spiro atoms. The van der Waals surface area contributed by atoms with Gasteiger partial charge in [-0.3, -0.25) is 0 Å². The third-order valence-electron chi connectivity index (χ3n) is 2.21. The summed E-state index contributed by atoms with van der Waals surface area (Å²) in [4.78, 5) is 0. The predicted molar refractivity (Wildman–Crippen MR) is 61.6 cm³/mol. The van der Waals surface area contributed by atoms with Crippen LogP contribution < -0.4 is 8.86 Å². The number of rotatable bonds is 1. The molecule has 0 atom stereocenters. The van der Waals surface area contributed by atoms with Crippen LogP contribution in [0.5, 0.6) is 0 Å². The average molecular weight is 393 g/mol. The van der Waals surface area contributed by atoms with Crippen LogP contribution in [0.25, 0.3) is 11.1 Å². The fourth-order valence-electron chi connectivity index (χ4n) is 1.39. The van der Waals surface area contributed by atoms with E-state index in [1.165, 1.54) is 9.19 Å². The molecule has 0 saturated carbocycles. The molecule has 0 aliphatic carbocycles. The number of hydrogen-bond acceptors (Lipinski definition) is 1. The van der Waals surface area contributed by atoms with Crippen LogP contribution in [0.4, 0.5) is 10.1 Å². The van der Waals surface area contributed by atoms with E-state index in [1.807, 2.05) is 12.1 Å². The Kier molecular flexibility index (Phi) is 3.04. The molecule has 0 bridgehead atoms. The molecule has 2 N–H and O–H groups in total. The molecule has 73 valence electrons. The molecule has 0 saturated heterocycles. The molecular weight excluding hydrogens is 384 g/mol. The minimum absolute atomic E-state index is 0.197. The first-order valence-corrected chi connectivity index (χ1v) is 6.48. The van der Waals surface area contributed by atoms with Crippen molar-refractivity contribution in [3.8, 4) is 11.1 Å². The molecule has 0 fully saturated rings. The summed E-state index contributed by atoms with van der Waals surface area (Å²) in [6.07, 6.45) is 0. The van der Waals surface area contributed by atoms with Crippen molar-refractivity contribution in [2.45, 2.75) is 0 Å². The van der Waals surface area contributed by atoms with E-state index in [4.69, 9.17) is 5.73 Å². The maximum atomic E-state index is 13.0. The molecule has 0 heterocycles. The number of anilines is 1. The van der Waals surface area contributed by atoms with Gasteiger partial charge >= 0.3 is 104 Å². The Labute approximate surface area is 104 Å². The van der Waals surface area contributed by atoms with Crippen LogP contribution in [0.15, 0.2) is 42.5 Å². The van der Waals surface area contributed by atoms with Crippen molar-refractivity contribution in [2.75, 3.05) is 5.73 Å². The first-order valence-electron chi connectivity index (χ1n) is 4.54. The molecule has 0 unspecified atom stereocenters. The summed E-state index contributed by atoms with van der Waals surface area (Å²) in [5.41, 5.74) is 7.74. The molecule has 3 radical (unpaired) electrons. The van der Waals surface area contributed by atoms with E-state index < -0.39 is 0 Å². The van der Waals surface area contributed by atoms with Gasteiger partial charge in [0.05, 0.1) is 0 Å². The fraction of sp³-hybridized carbons (Fsp3) is 0. The van der Waals surface area contributed by atoms with Gasteiger partial charge in [-0.25, -0.2) is 0 Å². The summed E-state index contributed by atoms with van der Waals surface area (Å²) in [7, 11) is 0. The van der Waals surface area contributed by atoms with Gasteiger partial charge in [-0.15, -0.1) is 0 Å². The summed E-state index contributed by atoms with van der Waals surface area (Å²) in [6.45, 7) is 0. The Morgan fingerprint density at radius 3 is 2.13 bits per heavy atom. The van der Waals surface area contributed by atoms with E-state index in [0.29, 0.717) is 0 Å². The molecular formula is C12H9FNPb. The third kappa shape index (κ3) is 2.37. The summed E-state index contributed by atoms with van der Waals surface area (Å²) < 4.78 is 14.3. The Bertz CT molecular complexity index is 479. The Hall–Kier alpha value is -0.908. The van der Waals surface area contributed by atoms with Gasteiger partial charge in [0, 0.05) is 0 Å². The van der Waals surface area contributed by atoms with Gasteiger partial charge in [-0.2, -0.15) is 0 Å². The van der Waals surface area contributed by atoms with E-state index in [9.17, 15) is 4.39 Å². The molecule has 2 rings (SSSR count). The van der Waals surface area contributed by atoms with Crippen molar-refractivity contribution in [1.82, 2.24) is 0 Å². The van der Waals surface area contributed by atoms with Crippen LogP contribution in [0, 0.1) is 5.82 Å². The first kappa shape index (κ1) is 10.6. The van der Waals surface area contributed by atoms with E-state index >= 15 is 0 Å². The molecule has 0 aromatic heterocycles. The zero-order valence-corrected chi connectivity index (χ0v) is 11.9. The summed E-state index contributed by atoms with van der Waals surface area (Å²) in [5.74, 6) is -0.363. The molecule has 0 aliphatic heterocycles. The van der Waals surface area contributed by atoms with Crippen molar-refractivity contribution >= 4 is 34.6 Å². The average Bonchev–Trinajstić information content (AvgIpc) is 2.23. The quantitative estimate of drug-likeness (QED) is 0.581. The van der Waals surface area contributed by atoms with Crippen LogP contribution in [0.2, 0.25) is 0 Å². The zero-order chi connectivity index (χ0) is 10.8. The molecule has 1 nitrogen and oxygen atoms in total. The second kappa shape index (κ2) is 4.30. The monoisotopic (exact) mass is 394 g/mol. The number of nitrogen functional groups attached to an aromatic ring is 1. The molecule has 3 heteroatoms. The molecule has 2 aromatic rings. The number of nitrogens with two attached hydrogens (primary N) is 1. The molecule has 15 heavy (non-hydrogen) atoms.